The van der Waals surface area contributed by atoms with Crippen LogP contribution in [0.1, 0.15) is 37.1 Å². The highest BCUT2D eigenvalue weighted by atomic mass is 19.1. The molecule has 0 saturated carbocycles. The maximum absolute atomic E-state index is 13.2. The van der Waals surface area contributed by atoms with Gasteiger partial charge in [0.25, 0.3) is 5.56 Å². The molecule has 0 radical (unpaired) electrons. The topological polar surface area (TPSA) is 101 Å². The predicted molar refractivity (Wildman–Crippen MR) is 107 cm³/mol. The van der Waals surface area contributed by atoms with Crippen LogP contribution in [0.25, 0.3) is 11.2 Å². The van der Waals surface area contributed by atoms with Gasteiger partial charge in [-0.2, -0.15) is 4.68 Å². The first-order chi connectivity index (χ1) is 14.5. The van der Waals surface area contributed by atoms with Crippen LogP contribution in [0.3, 0.4) is 0 Å². The quantitative estimate of drug-likeness (QED) is 0.461. The fourth-order valence-electron chi connectivity index (χ4n) is 3.50. The fourth-order valence-corrected chi connectivity index (χ4v) is 3.50. The molecule has 3 aromatic heterocycles. The summed E-state index contributed by atoms with van der Waals surface area (Å²) in [6.45, 7) is 2.38. The van der Waals surface area contributed by atoms with Crippen LogP contribution in [0.2, 0.25) is 0 Å². The SMILES string of the molecule is CC[C@H](CCn1nc(Cn2cnc3ncn(C)c3c2=O)oc1=O)c1ccc(F)cc1. The van der Waals surface area contributed by atoms with Gasteiger partial charge in [-0.15, -0.1) is 5.10 Å². The van der Waals surface area contributed by atoms with Crippen molar-refractivity contribution in [2.45, 2.75) is 38.8 Å². The lowest BCUT2D eigenvalue weighted by Gasteiger charge is -2.14. The summed E-state index contributed by atoms with van der Waals surface area (Å²) in [6, 6.07) is 6.38. The largest absolute Gasteiger partial charge is 0.437 e. The number of fused-ring (bicyclic) bond motifs is 1. The van der Waals surface area contributed by atoms with Crippen molar-refractivity contribution in [3.63, 3.8) is 0 Å². The number of hydrogen-bond acceptors (Lipinski definition) is 6. The number of nitrogens with zero attached hydrogens (tertiary/aromatic N) is 6. The summed E-state index contributed by atoms with van der Waals surface area (Å²) in [7, 11) is 1.71. The summed E-state index contributed by atoms with van der Waals surface area (Å²) in [6.07, 6.45) is 4.37. The van der Waals surface area contributed by atoms with Crippen LogP contribution in [0, 0.1) is 5.82 Å². The van der Waals surface area contributed by atoms with Crippen molar-refractivity contribution in [2.75, 3.05) is 0 Å². The third-order valence-electron chi connectivity index (χ3n) is 5.18. The highest BCUT2D eigenvalue weighted by Crippen LogP contribution is 2.23. The second kappa shape index (κ2) is 8.05. The Kier molecular flexibility index (Phi) is 5.30. The lowest BCUT2D eigenvalue weighted by atomic mass is 9.93. The van der Waals surface area contributed by atoms with Crippen LogP contribution in [-0.2, 0) is 20.1 Å². The smallest absolute Gasteiger partial charge is 0.390 e. The van der Waals surface area contributed by atoms with Gasteiger partial charge in [0.15, 0.2) is 11.2 Å². The molecule has 0 spiro atoms. The summed E-state index contributed by atoms with van der Waals surface area (Å²) < 4.78 is 22.6. The Hall–Kier alpha value is -3.56. The molecule has 4 aromatic rings. The van der Waals surface area contributed by atoms with Crippen LogP contribution in [0.15, 0.2) is 50.9 Å². The zero-order valence-corrected chi connectivity index (χ0v) is 16.7. The number of aromatic nitrogens is 6. The van der Waals surface area contributed by atoms with Gasteiger partial charge >= 0.3 is 5.76 Å². The molecule has 156 valence electrons. The molecular weight excluding hydrogens is 391 g/mol. The van der Waals surface area contributed by atoms with E-state index in [1.54, 1.807) is 23.7 Å². The molecule has 3 heterocycles. The van der Waals surface area contributed by atoms with Gasteiger partial charge in [0.2, 0.25) is 5.89 Å². The van der Waals surface area contributed by atoms with E-state index in [1.165, 1.54) is 34.0 Å². The third kappa shape index (κ3) is 3.80. The molecule has 0 amide bonds. The molecule has 4 rings (SSSR count). The van der Waals surface area contributed by atoms with Crippen molar-refractivity contribution < 1.29 is 8.81 Å². The number of hydrogen-bond donors (Lipinski definition) is 0. The van der Waals surface area contributed by atoms with E-state index in [-0.39, 0.29) is 29.7 Å². The summed E-state index contributed by atoms with van der Waals surface area (Å²) in [5.41, 5.74) is 1.44. The molecule has 0 N–H and O–H groups in total. The Balaban J connectivity index is 1.50. The number of halogens is 1. The van der Waals surface area contributed by atoms with Crippen molar-refractivity contribution in [3.8, 4) is 0 Å². The maximum Gasteiger partial charge on any atom is 0.437 e. The first-order valence-corrected chi connectivity index (χ1v) is 9.65. The van der Waals surface area contributed by atoms with Gasteiger partial charge in [0.05, 0.1) is 6.33 Å². The molecule has 0 saturated heterocycles. The first-order valence-electron chi connectivity index (χ1n) is 9.65. The van der Waals surface area contributed by atoms with Crippen molar-refractivity contribution in [1.82, 2.24) is 28.9 Å². The first kappa shape index (κ1) is 19.7. The summed E-state index contributed by atoms with van der Waals surface area (Å²) in [5.74, 6) is -0.571. The lowest BCUT2D eigenvalue weighted by molar-refractivity contribution is 0.425. The zero-order chi connectivity index (χ0) is 21.3. The van der Waals surface area contributed by atoms with Gasteiger partial charge < -0.3 is 8.98 Å². The van der Waals surface area contributed by atoms with E-state index in [0.717, 1.165) is 12.0 Å². The average molecular weight is 412 g/mol. The van der Waals surface area contributed by atoms with Crippen molar-refractivity contribution in [2.24, 2.45) is 7.05 Å². The predicted octanol–water partition coefficient (Wildman–Crippen LogP) is 2.05. The van der Waals surface area contributed by atoms with Gasteiger partial charge in [-0.25, -0.2) is 19.2 Å². The third-order valence-corrected chi connectivity index (χ3v) is 5.18. The summed E-state index contributed by atoms with van der Waals surface area (Å²) in [5, 5.41) is 4.22. The Morgan fingerprint density at radius 2 is 1.87 bits per heavy atom. The Morgan fingerprint density at radius 3 is 2.60 bits per heavy atom. The van der Waals surface area contributed by atoms with E-state index in [1.807, 2.05) is 6.92 Å². The minimum atomic E-state index is -0.582. The van der Waals surface area contributed by atoms with E-state index in [0.29, 0.717) is 24.1 Å². The zero-order valence-electron chi connectivity index (χ0n) is 16.7. The molecule has 0 fully saturated rings. The van der Waals surface area contributed by atoms with Crippen LogP contribution >= 0.6 is 0 Å². The molecule has 0 aliphatic heterocycles. The Morgan fingerprint density at radius 1 is 1.13 bits per heavy atom. The van der Waals surface area contributed by atoms with Crippen LogP contribution < -0.4 is 11.3 Å². The highest BCUT2D eigenvalue weighted by molar-refractivity contribution is 5.68. The Labute approximate surface area is 170 Å². The highest BCUT2D eigenvalue weighted by Gasteiger charge is 2.15. The van der Waals surface area contributed by atoms with E-state index in [2.05, 4.69) is 15.1 Å². The minimum absolute atomic E-state index is 0.00956. The molecule has 1 aromatic carbocycles. The number of imidazole rings is 1. The van der Waals surface area contributed by atoms with E-state index < -0.39 is 5.76 Å². The number of rotatable bonds is 7. The number of benzene rings is 1. The summed E-state index contributed by atoms with van der Waals surface area (Å²) in [4.78, 5) is 33.0. The van der Waals surface area contributed by atoms with E-state index in [4.69, 9.17) is 4.42 Å². The van der Waals surface area contributed by atoms with E-state index in [9.17, 15) is 14.0 Å². The second-order valence-electron chi connectivity index (χ2n) is 7.14. The molecular formula is C20H21FN6O3. The molecule has 0 aliphatic rings. The monoisotopic (exact) mass is 412 g/mol. The van der Waals surface area contributed by atoms with Crippen LogP contribution in [0.5, 0.6) is 0 Å². The molecule has 0 unspecified atom stereocenters. The van der Waals surface area contributed by atoms with Gasteiger partial charge in [-0.1, -0.05) is 19.1 Å². The van der Waals surface area contributed by atoms with Crippen molar-refractivity contribution >= 4 is 11.2 Å². The molecule has 9 nitrogen and oxygen atoms in total. The van der Waals surface area contributed by atoms with Crippen LogP contribution in [0.4, 0.5) is 4.39 Å². The lowest BCUT2D eigenvalue weighted by Crippen LogP contribution is -2.22. The van der Waals surface area contributed by atoms with Crippen LogP contribution in [-0.4, -0.2) is 28.9 Å². The van der Waals surface area contributed by atoms with E-state index >= 15 is 0 Å². The summed E-state index contributed by atoms with van der Waals surface area (Å²) >= 11 is 0. The van der Waals surface area contributed by atoms with Crippen molar-refractivity contribution in [1.29, 1.82) is 0 Å². The maximum atomic E-state index is 13.2. The molecule has 1 atom stereocenters. The normalized spacial score (nSPS) is 12.5. The van der Waals surface area contributed by atoms with Gasteiger partial charge in [-0.3, -0.25) is 9.36 Å². The average Bonchev–Trinajstić information content (AvgIpc) is 3.28. The molecule has 0 bridgehead atoms. The molecule has 30 heavy (non-hydrogen) atoms. The van der Waals surface area contributed by atoms with Gasteiger partial charge in [-0.05, 0) is 36.5 Å². The fraction of sp³-hybridized carbons (Fsp3) is 0.350. The number of aryl methyl sites for hydroxylation is 2. The van der Waals surface area contributed by atoms with Gasteiger partial charge in [0.1, 0.15) is 18.7 Å². The standard InChI is InChI=1S/C20H21FN6O3/c1-3-13(14-4-6-15(21)7-5-14)8-9-27-20(29)30-16(24-27)10-26-12-23-18-17(19(26)28)25(2)11-22-18/h4-7,11-13H,3,8-10H2,1-2H3/t13-/m1/s1. The van der Waals surface area contributed by atoms with Gasteiger partial charge in [0, 0.05) is 13.6 Å². The Bertz CT molecular complexity index is 1280. The van der Waals surface area contributed by atoms with Crippen molar-refractivity contribution in [3.05, 3.63) is 75.1 Å². The molecule has 10 heteroatoms. The molecule has 0 aliphatic carbocycles. The minimum Gasteiger partial charge on any atom is -0.390 e. The second-order valence-corrected chi connectivity index (χ2v) is 7.14.